The van der Waals surface area contributed by atoms with E-state index in [0.29, 0.717) is 12.2 Å². The molecule has 8 nitrogen and oxygen atoms in total. The van der Waals surface area contributed by atoms with Crippen molar-refractivity contribution in [2.75, 3.05) is 26.2 Å². The molecule has 1 aliphatic rings. The molecule has 0 atom stereocenters. The molecule has 0 radical (unpaired) electrons. The number of carbonyl (C=O) groups is 1. The molecular weight excluding hydrogens is 334 g/mol. The number of rotatable bonds is 5. The standard InChI is InChI=1S/C18H25N5O3/c1-12-11-13(16(24)19-7-6-10-23-8-4-5-9-23)14-15(20-12)21(2)18(26)22(3)17(14)25/h11H,4-10H2,1-3H3,(H,19,24). The Morgan fingerprint density at radius 2 is 1.88 bits per heavy atom. The topological polar surface area (TPSA) is 89.2 Å². The Balaban J connectivity index is 1.85. The van der Waals surface area contributed by atoms with E-state index in [-0.39, 0.29) is 22.5 Å². The summed E-state index contributed by atoms with van der Waals surface area (Å²) in [5, 5.41) is 3.07. The number of fused-ring (bicyclic) bond motifs is 1. The van der Waals surface area contributed by atoms with Crippen molar-refractivity contribution >= 4 is 16.9 Å². The van der Waals surface area contributed by atoms with Gasteiger partial charge in [0.05, 0.1) is 10.9 Å². The first-order valence-corrected chi connectivity index (χ1v) is 8.98. The predicted octanol–water partition coefficient (Wildman–Crippen LogP) is 0.156. The molecule has 2 aromatic rings. The molecule has 0 aliphatic carbocycles. The van der Waals surface area contributed by atoms with E-state index in [0.717, 1.165) is 30.6 Å². The van der Waals surface area contributed by atoms with Crippen molar-refractivity contribution in [1.29, 1.82) is 0 Å². The van der Waals surface area contributed by atoms with Crippen molar-refractivity contribution in [3.8, 4) is 0 Å². The van der Waals surface area contributed by atoms with Crippen molar-refractivity contribution in [2.45, 2.75) is 26.2 Å². The van der Waals surface area contributed by atoms with Crippen molar-refractivity contribution in [1.82, 2.24) is 24.3 Å². The Morgan fingerprint density at radius 1 is 1.19 bits per heavy atom. The summed E-state index contributed by atoms with van der Waals surface area (Å²) in [7, 11) is 2.95. The maximum absolute atomic E-state index is 12.7. The third kappa shape index (κ3) is 3.41. The number of amides is 1. The van der Waals surface area contributed by atoms with Crippen LogP contribution in [0.4, 0.5) is 0 Å². The average Bonchev–Trinajstić information content (AvgIpc) is 3.14. The molecule has 1 N–H and O–H groups in total. The first-order chi connectivity index (χ1) is 12.4. The van der Waals surface area contributed by atoms with Crippen LogP contribution in [0.2, 0.25) is 0 Å². The van der Waals surface area contributed by atoms with Gasteiger partial charge in [0.2, 0.25) is 0 Å². The summed E-state index contributed by atoms with van der Waals surface area (Å²) in [4.78, 5) is 44.0. The molecule has 3 heterocycles. The zero-order valence-electron chi connectivity index (χ0n) is 15.5. The van der Waals surface area contributed by atoms with Crippen LogP contribution in [0.1, 0.15) is 35.3 Å². The van der Waals surface area contributed by atoms with Gasteiger partial charge < -0.3 is 10.2 Å². The molecule has 1 amide bonds. The lowest BCUT2D eigenvalue weighted by Gasteiger charge is -2.15. The second-order valence-electron chi connectivity index (χ2n) is 6.87. The van der Waals surface area contributed by atoms with E-state index < -0.39 is 11.2 Å². The van der Waals surface area contributed by atoms with Crippen LogP contribution in [0.15, 0.2) is 15.7 Å². The lowest BCUT2D eigenvalue weighted by atomic mass is 10.1. The Bertz CT molecular complexity index is 954. The van der Waals surface area contributed by atoms with Crippen LogP contribution in [0.3, 0.4) is 0 Å². The fraction of sp³-hybridized carbons (Fsp3) is 0.556. The normalized spacial score (nSPS) is 14.9. The summed E-state index contributed by atoms with van der Waals surface area (Å²) in [5.41, 5.74) is 0.128. The Hall–Kier alpha value is -2.48. The minimum absolute atomic E-state index is 0.178. The summed E-state index contributed by atoms with van der Waals surface area (Å²) >= 11 is 0. The minimum atomic E-state index is -0.502. The highest BCUT2D eigenvalue weighted by Crippen LogP contribution is 2.13. The third-order valence-corrected chi connectivity index (χ3v) is 4.92. The van der Waals surface area contributed by atoms with E-state index in [1.807, 2.05) is 0 Å². The van der Waals surface area contributed by atoms with E-state index in [1.54, 1.807) is 20.0 Å². The van der Waals surface area contributed by atoms with E-state index in [2.05, 4.69) is 15.2 Å². The van der Waals surface area contributed by atoms with Gasteiger partial charge in [-0.1, -0.05) is 0 Å². The molecule has 0 unspecified atom stereocenters. The molecule has 3 rings (SSSR count). The van der Waals surface area contributed by atoms with Gasteiger partial charge in [-0.3, -0.25) is 18.7 Å². The summed E-state index contributed by atoms with van der Waals surface area (Å²) in [6.07, 6.45) is 3.36. The van der Waals surface area contributed by atoms with Gasteiger partial charge in [0.15, 0.2) is 0 Å². The van der Waals surface area contributed by atoms with Crippen molar-refractivity contribution in [2.24, 2.45) is 14.1 Å². The van der Waals surface area contributed by atoms with E-state index in [9.17, 15) is 14.4 Å². The zero-order chi connectivity index (χ0) is 18.8. The van der Waals surface area contributed by atoms with E-state index in [1.165, 1.54) is 24.5 Å². The second kappa shape index (κ2) is 7.41. The third-order valence-electron chi connectivity index (χ3n) is 4.92. The monoisotopic (exact) mass is 359 g/mol. The second-order valence-corrected chi connectivity index (χ2v) is 6.87. The van der Waals surface area contributed by atoms with Crippen molar-refractivity contribution in [3.63, 3.8) is 0 Å². The summed E-state index contributed by atoms with van der Waals surface area (Å²) < 4.78 is 2.30. The maximum atomic E-state index is 12.7. The fourth-order valence-electron chi connectivity index (χ4n) is 3.47. The van der Waals surface area contributed by atoms with Crippen LogP contribution in [0, 0.1) is 6.92 Å². The number of hydrogen-bond acceptors (Lipinski definition) is 5. The zero-order valence-corrected chi connectivity index (χ0v) is 15.5. The number of aryl methyl sites for hydroxylation is 2. The Labute approximate surface area is 151 Å². The van der Waals surface area contributed by atoms with Gasteiger partial charge >= 0.3 is 5.69 Å². The molecule has 8 heteroatoms. The van der Waals surface area contributed by atoms with Gasteiger partial charge in [-0.25, -0.2) is 9.78 Å². The van der Waals surface area contributed by atoms with Crippen LogP contribution in [0.5, 0.6) is 0 Å². The molecule has 0 aromatic carbocycles. The number of nitrogens with one attached hydrogen (secondary N) is 1. The van der Waals surface area contributed by atoms with Crippen LogP contribution in [-0.4, -0.2) is 51.1 Å². The predicted molar refractivity (Wildman–Crippen MR) is 99.6 cm³/mol. The number of carbonyl (C=O) groups excluding carboxylic acids is 1. The van der Waals surface area contributed by atoms with Crippen molar-refractivity contribution < 1.29 is 4.79 Å². The molecular formula is C18H25N5O3. The number of pyridine rings is 1. The fourth-order valence-corrected chi connectivity index (χ4v) is 3.47. The van der Waals surface area contributed by atoms with Gasteiger partial charge in [0.1, 0.15) is 5.65 Å². The van der Waals surface area contributed by atoms with E-state index in [4.69, 9.17) is 0 Å². The minimum Gasteiger partial charge on any atom is -0.352 e. The largest absolute Gasteiger partial charge is 0.352 e. The quantitative estimate of drug-likeness (QED) is 0.768. The molecule has 1 saturated heterocycles. The summed E-state index contributed by atoms with van der Waals surface area (Å²) in [6.45, 7) is 5.51. The molecule has 140 valence electrons. The van der Waals surface area contributed by atoms with Gasteiger partial charge in [-0.15, -0.1) is 0 Å². The number of nitrogens with zero attached hydrogens (tertiary/aromatic N) is 4. The van der Waals surface area contributed by atoms with Crippen LogP contribution in [-0.2, 0) is 14.1 Å². The lowest BCUT2D eigenvalue weighted by molar-refractivity contribution is 0.0953. The molecule has 0 bridgehead atoms. The molecule has 2 aromatic heterocycles. The highest BCUT2D eigenvalue weighted by Gasteiger charge is 2.19. The van der Waals surface area contributed by atoms with Crippen molar-refractivity contribution in [3.05, 3.63) is 38.2 Å². The number of likely N-dealkylation sites (tertiary alicyclic amines) is 1. The van der Waals surface area contributed by atoms with Gasteiger partial charge in [-0.05, 0) is 51.9 Å². The average molecular weight is 359 g/mol. The highest BCUT2D eigenvalue weighted by atomic mass is 16.2. The van der Waals surface area contributed by atoms with Crippen LogP contribution >= 0.6 is 0 Å². The maximum Gasteiger partial charge on any atom is 0.332 e. The number of hydrogen-bond donors (Lipinski definition) is 1. The van der Waals surface area contributed by atoms with Crippen LogP contribution in [0.25, 0.3) is 11.0 Å². The molecule has 26 heavy (non-hydrogen) atoms. The summed E-state index contributed by atoms with van der Waals surface area (Å²) in [5.74, 6) is -0.308. The van der Waals surface area contributed by atoms with Gasteiger partial charge in [0, 0.05) is 26.3 Å². The SMILES string of the molecule is Cc1cc(C(=O)NCCCN2CCCC2)c2c(=O)n(C)c(=O)n(C)c2n1. The molecule has 1 fully saturated rings. The highest BCUT2D eigenvalue weighted by molar-refractivity contribution is 6.05. The molecule has 0 spiro atoms. The Kier molecular flexibility index (Phi) is 5.22. The first-order valence-electron chi connectivity index (χ1n) is 8.98. The Morgan fingerprint density at radius 3 is 2.58 bits per heavy atom. The summed E-state index contributed by atoms with van der Waals surface area (Å²) in [6, 6.07) is 1.60. The molecule has 0 saturated carbocycles. The smallest absolute Gasteiger partial charge is 0.332 e. The van der Waals surface area contributed by atoms with Gasteiger partial charge in [-0.2, -0.15) is 0 Å². The van der Waals surface area contributed by atoms with Gasteiger partial charge in [0.25, 0.3) is 11.5 Å². The van der Waals surface area contributed by atoms with E-state index >= 15 is 0 Å². The first kappa shape index (κ1) is 18.3. The molecule has 1 aliphatic heterocycles. The van der Waals surface area contributed by atoms with Crippen LogP contribution < -0.4 is 16.6 Å². The lowest BCUT2D eigenvalue weighted by Crippen LogP contribution is -2.39. The number of aromatic nitrogens is 3.